The van der Waals surface area contributed by atoms with E-state index in [9.17, 15) is 14.4 Å². The highest BCUT2D eigenvalue weighted by Crippen LogP contribution is 2.25. The first-order valence-corrected chi connectivity index (χ1v) is 8.31. The van der Waals surface area contributed by atoms with Gasteiger partial charge < -0.3 is 14.8 Å². The van der Waals surface area contributed by atoms with Crippen molar-refractivity contribution in [1.29, 1.82) is 0 Å². The zero-order chi connectivity index (χ0) is 17.8. The average molecular weight is 361 g/mol. The van der Waals surface area contributed by atoms with Crippen LogP contribution in [-0.4, -0.2) is 54.6 Å². The molecule has 0 aliphatic carbocycles. The Labute approximate surface area is 147 Å². The van der Waals surface area contributed by atoms with Gasteiger partial charge in [0.25, 0.3) is 5.91 Å². The quantitative estimate of drug-likeness (QED) is 0.811. The summed E-state index contributed by atoms with van der Waals surface area (Å²) in [5.41, 5.74) is 0.962. The number of nitrogens with one attached hydrogen (secondary N) is 1. The second kappa shape index (κ2) is 7.31. The fraction of sp³-hybridized carbons (Fsp3) is 0.250. The standard InChI is InChI=1S/C16H15N3O5S/c1-23-11-4-2-10(3-5-11)14-18-12(9-25-14)15(21)24-8-13(20)19-7-6-17-16(19)22/h2-5,9H,6-8H2,1H3,(H,17,22). The fourth-order valence-electron chi connectivity index (χ4n) is 2.22. The van der Waals surface area contributed by atoms with Crippen molar-refractivity contribution in [3.05, 3.63) is 35.3 Å². The SMILES string of the molecule is COc1ccc(-c2nc(C(=O)OCC(=O)N3CCNC3=O)cs2)cc1. The minimum atomic E-state index is -0.705. The molecule has 0 bridgehead atoms. The minimum Gasteiger partial charge on any atom is -0.497 e. The highest BCUT2D eigenvalue weighted by molar-refractivity contribution is 7.13. The number of aromatic nitrogens is 1. The lowest BCUT2D eigenvalue weighted by atomic mass is 10.2. The summed E-state index contributed by atoms with van der Waals surface area (Å²) in [7, 11) is 1.58. The van der Waals surface area contributed by atoms with Gasteiger partial charge >= 0.3 is 12.0 Å². The summed E-state index contributed by atoms with van der Waals surface area (Å²) >= 11 is 1.29. The van der Waals surface area contributed by atoms with E-state index in [-0.39, 0.29) is 12.2 Å². The molecule has 1 fully saturated rings. The van der Waals surface area contributed by atoms with Crippen molar-refractivity contribution in [2.45, 2.75) is 0 Å². The van der Waals surface area contributed by atoms with Crippen molar-refractivity contribution in [3.8, 4) is 16.3 Å². The largest absolute Gasteiger partial charge is 0.497 e. The first-order chi connectivity index (χ1) is 12.1. The van der Waals surface area contributed by atoms with Gasteiger partial charge in [-0.25, -0.2) is 14.6 Å². The maximum Gasteiger partial charge on any atom is 0.358 e. The van der Waals surface area contributed by atoms with Gasteiger partial charge in [-0.3, -0.25) is 9.69 Å². The number of thiazole rings is 1. The zero-order valence-corrected chi connectivity index (χ0v) is 14.2. The number of carbonyl (C=O) groups is 3. The lowest BCUT2D eigenvalue weighted by Crippen LogP contribution is -2.37. The van der Waals surface area contributed by atoms with Gasteiger partial charge in [-0.2, -0.15) is 0 Å². The van der Waals surface area contributed by atoms with Gasteiger partial charge in [-0.05, 0) is 24.3 Å². The van der Waals surface area contributed by atoms with E-state index >= 15 is 0 Å². The number of hydrogen-bond donors (Lipinski definition) is 1. The van der Waals surface area contributed by atoms with Crippen LogP contribution in [0.4, 0.5) is 4.79 Å². The number of benzene rings is 1. The Morgan fingerprint density at radius 1 is 1.32 bits per heavy atom. The third-order valence-electron chi connectivity index (χ3n) is 3.53. The molecule has 1 saturated heterocycles. The molecule has 0 saturated carbocycles. The normalized spacial score (nSPS) is 13.5. The fourth-order valence-corrected chi connectivity index (χ4v) is 3.02. The molecule has 3 amide bonds. The molecule has 0 radical (unpaired) electrons. The van der Waals surface area contributed by atoms with Crippen LogP contribution in [0.3, 0.4) is 0 Å². The van der Waals surface area contributed by atoms with E-state index < -0.39 is 24.5 Å². The summed E-state index contributed by atoms with van der Waals surface area (Å²) in [4.78, 5) is 40.5. The number of hydrogen-bond acceptors (Lipinski definition) is 7. The van der Waals surface area contributed by atoms with Crippen molar-refractivity contribution in [1.82, 2.24) is 15.2 Å². The molecule has 9 heteroatoms. The molecule has 25 heavy (non-hydrogen) atoms. The van der Waals surface area contributed by atoms with Gasteiger partial charge in [-0.15, -0.1) is 11.3 Å². The van der Waals surface area contributed by atoms with Crippen LogP contribution in [0.25, 0.3) is 10.6 Å². The lowest BCUT2D eigenvalue weighted by molar-refractivity contribution is -0.130. The monoisotopic (exact) mass is 361 g/mol. The van der Waals surface area contributed by atoms with Gasteiger partial charge in [0.15, 0.2) is 12.3 Å². The molecule has 1 aliphatic heterocycles. The topological polar surface area (TPSA) is 97.8 Å². The van der Waals surface area contributed by atoms with E-state index in [1.807, 2.05) is 12.1 Å². The summed E-state index contributed by atoms with van der Waals surface area (Å²) in [6.45, 7) is 0.172. The molecule has 0 spiro atoms. The van der Waals surface area contributed by atoms with Crippen LogP contribution in [0.2, 0.25) is 0 Å². The third kappa shape index (κ3) is 3.77. The third-order valence-corrected chi connectivity index (χ3v) is 4.43. The Morgan fingerprint density at radius 3 is 2.72 bits per heavy atom. The number of carbonyl (C=O) groups excluding carboxylic acids is 3. The van der Waals surface area contributed by atoms with E-state index in [1.54, 1.807) is 24.6 Å². The Kier molecular flexibility index (Phi) is 4.94. The molecule has 0 atom stereocenters. The maximum absolute atomic E-state index is 12.0. The molecule has 2 heterocycles. The molecule has 2 aromatic rings. The highest BCUT2D eigenvalue weighted by Gasteiger charge is 2.27. The Hall–Kier alpha value is -2.94. The second-order valence-corrected chi connectivity index (χ2v) is 5.98. The van der Waals surface area contributed by atoms with Crippen molar-refractivity contribution in [2.24, 2.45) is 0 Å². The van der Waals surface area contributed by atoms with Crippen LogP contribution in [0.5, 0.6) is 5.75 Å². The average Bonchev–Trinajstić information content (AvgIpc) is 3.28. The smallest absolute Gasteiger partial charge is 0.358 e. The first kappa shape index (κ1) is 16.9. The van der Waals surface area contributed by atoms with E-state index in [4.69, 9.17) is 9.47 Å². The van der Waals surface area contributed by atoms with Crippen molar-refractivity contribution < 1.29 is 23.9 Å². The van der Waals surface area contributed by atoms with Gasteiger partial charge in [0, 0.05) is 24.0 Å². The molecule has 3 rings (SSSR count). The Morgan fingerprint density at radius 2 is 2.08 bits per heavy atom. The van der Waals surface area contributed by atoms with Crippen molar-refractivity contribution in [3.63, 3.8) is 0 Å². The number of urea groups is 1. The number of nitrogens with zero attached hydrogens (tertiary/aromatic N) is 2. The minimum absolute atomic E-state index is 0.120. The Balaban J connectivity index is 1.60. The van der Waals surface area contributed by atoms with Crippen LogP contribution in [0.1, 0.15) is 10.5 Å². The Bertz CT molecular complexity index is 802. The van der Waals surface area contributed by atoms with Gasteiger partial charge in [0.1, 0.15) is 10.8 Å². The van der Waals surface area contributed by atoms with Crippen molar-refractivity contribution in [2.75, 3.05) is 26.8 Å². The molecule has 8 nitrogen and oxygen atoms in total. The predicted octanol–water partition coefficient (Wildman–Crippen LogP) is 1.53. The predicted molar refractivity (Wildman–Crippen MR) is 89.5 cm³/mol. The van der Waals surface area contributed by atoms with E-state index in [2.05, 4.69) is 10.3 Å². The molecule has 1 N–H and O–H groups in total. The number of amides is 3. The summed E-state index contributed by atoms with van der Waals surface area (Å²) in [5, 5.41) is 4.72. The van der Waals surface area contributed by atoms with Crippen LogP contribution in [-0.2, 0) is 9.53 Å². The zero-order valence-electron chi connectivity index (χ0n) is 13.4. The number of esters is 1. The molecule has 0 unspecified atom stereocenters. The van der Waals surface area contributed by atoms with E-state index in [0.29, 0.717) is 11.6 Å². The molecular weight excluding hydrogens is 346 g/mol. The molecule has 1 aromatic heterocycles. The highest BCUT2D eigenvalue weighted by atomic mass is 32.1. The van der Waals surface area contributed by atoms with Gasteiger partial charge in [-0.1, -0.05) is 0 Å². The molecule has 130 valence electrons. The summed E-state index contributed by atoms with van der Waals surface area (Å²) in [5.74, 6) is -0.540. The number of methoxy groups -OCH3 is 1. The van der Waals surface area contributed by atoms with Crippen LogP contribution >= 0.6 is 11.3 Å². The summed E-state index contributed by atoms with van der Waals surface area (Å²) in [6, 6.07) is 6.80. The van der Waals surface area contributed by atoms with E-state index in [0.717, 1.165) is 16.2 Å². The van der Waals surface area contributed by atoms with Crippen LogP contribution < -0.4 is 10.1 Å². The number of ether oxygens (including phenoxy) is 2. The maximum atomic E-state index is 12.0. The molecular formula is C16H15N3O5S. The van der Waals surface area contributed by atoms with Gasteiger partial charge in [0.2, 0.25) is 0 Å². The van der Waals surface area contributed by atoms with Gasteiger partial charge in [0.05, 0.1) is 7.11 Å². The molecule has 1 aliphatic rings. The summed E-state index contributed by atoms with van der Waals surface area (Å²) in [6.07, 6.45) is 0. The number of imide groups is 1. The molecule has 1 aromatic carbocycles. The lowest BCUT2D eigenvalue weighted by Gasteiger charge is -2.11. The number of rotatable bonds is 5. The van der Waals surface area contributed by atoms with Crippen LogP contribution in [0.15, 0.2) is 29.6 Å². The van der Waals surface area contributed by atoms with E-state index in [1.165, 1.54) is 11.3 Å². The van der Waals surface area contributed by atoms with Crippen LogP contribution in [0, 0.1) is 0 Å². The second-order valence-electron chi connectivity index (χ2n) is 5.12. The summed E-state index contributed by atoms with van der Waals surface area (Å²) < 4.78 is 10.0. The van der Waals surface area contributed by atoms with Crippen molar-refractivity contribution >= 4 is 29.2 Å². The first-order valence-electron chi connectivity index (χ1n) is 7.44.